The number of aryl methyl sites for hydroxylation is 2. The van der Waals surface area contributed by atoms with Gasteiger partial charge >= 0.3 is 6.18 Å². The highest BCUT2D eigenvalue weighted by molar-refractivity contribution is 5.75. The molecule has 0 aromatic carbocycles. The molecule has 4 heterocycles. The molecule has 4 saturated carbocycles. The second-order valence-electron chi connectivity index (χ2n) is 11.6. The van der Waals surface area contributed by atoms with Crippen LogP contribution < -0.4 is 0 Å². The molecule has 1 saturated heterocycles. The van der Waals surface area contributed by atoms with E-state index in [2.05, 4.69) is 15.1 Å². The quantitative estimate of drug-likeness (QED) is 0.425. The Labute approximate surface area is 211 Å². The van der Waals surface area contributed by atoms with Gasteiger partial charge in [0.15, 0.2) is 5.65 Å². The smallest absolute Gasteiger partial charge is 0.373 e. The minimum absolute atomic E-state index is 0.0310. The lowest BCUT2D eigenvalue weighted by Crippen LogP contribution is -2.70. The Balaban J connectivity index is 1.20. The van der Waals surface area contributed by atoms with Crippen molar-refractivity contribution in [3.05, 3.63) is 40.9 Å². The van der Waals surface area contributed by atoms with E-state index in [1.807, 2.05) is 24.7 Å². The minimum atomic E-state index is -4.19. The first-order chi connectivity index (χ1) is 17.6. The molecule has 3 aromatic rings. The van der Waals surface area contributed by atoms with Crippen LogP contribution in [0.3, 0.4) is 0 Å². The highest BCUT2D eigenvalue weighted by atomic mass is 19.4. The Hall–Kier alpha value is -2.69. The summed E-state index contributed by atoms with van der Waals surface area (Å²) >= 11 is 0. The molecule has 0 amide bonds. The first kappa shape index (κ1) is 23.4. The molecule has 7 nitrogen and oxygen atoms in total. The monoisotopic (exact) mass is 516 g/mol. The van der Waals surface area contributed by atoms with Crippen LogP contribution in [0.25, 0.3) is 11.2 Å². The van der Waals surface area contributed by atoms with Crippen molar-refractivity contribution in [3.8, 4) is 0 Å². The van der Waals surface area contributed by atoms with Gasteiger partial charge in [0.2, 0.25) is 0 Å². The average Bonchev–Trinajstić information content (AvgIpc) is 3.25. The summed E-state index contributed by atoms with van der Waals surface area (Å²) in [4.78, 5) is 19.1. The van der Waals surface area contributed by atoms with Crippen molar-refractivity contribution in [2.75, 3.05) is 6.61 Å². The van der Waals surface area contributed by atoms with E-state index in [1.165, 1.54) is 0 Å². The Morgan fingerprint density at radius 2 is 1.73 bits per heavy atom. The zero-order valence-corrected chi connectivity index (χ0v) is 20.7. The summed E-state index contributed by atoms with van der Waals surface area (Å²) < 4.78 is 62.0. The molecule has 2 bridgehead atoms. The molecule has 1 aliphatic heterocycles. The number of rotatable bonds is 4. The number of nitrogens with zero attached hydrogens (tertiary/aromatic N) is 6. The highest BCUT2D eigenvalue weighted by Gasteiger charge is 2.79. The van der Waals surface area contributed by atoms with Crippen LogP contribution in [0.15, 0.2) is 12.4 Å². The van der Waals surface area contributed by atoms with E-state index in [4.69, 9.17) is 14.7 Å². The molecule has 37 heavy (non-hydrogen) atoms. The maximum atomic E-state index is 13.6. The van der Waals surface area contributed by atoms with Crippen LogP contribution >= 0.6 is 0 Å². The second-order valence-corrected chi connectivity index (χ2v) is 11.6. The summed E-state index contributed by atoms with van der Waals surface area (Å²) in [5, 5.41) is 4.43. The molecule has 0 N–H and O–H groups in total. The van der Waals surface area contributed by atoms with Gasteiger partial charge in [-0.15, -0.1) is 0 Å². The zero-order chi connectivity index (χ0) is 25.7. The van der Waals surface area contributed by atoms with Gasteiger partial charge in [-0.3, -0.25) is 4.68 Å². The number of hydrogen-bond donors (Lipinski definition) is 0. The van der Waals surface area contributed by atoms with E-state index in [0.717, 1.165) is 17.0 Å². The molecule has 5 aliphatic rings. The molecule has 0 spiro atoms. The highest BCUT2D eigenvalue weighted by Crippen LogP contribution is 2.78. The predicted molar refractivity (Wildman–Crippen MR) is 125 cm³/mol. The van der Waals surface area contributed by atoms with E-state index >= 15 is 0 Å². The van der Waals surface area contributed by atoms with Gasteiger partial charge in [0, 0.05) is 42.5 Å². The van der Waals surface area contributed by atoms with Crippen LogP contribution in [0.5, 0.6) is 0 Å². The largest absolute Gasteiger partial charge is 0.394 e. The van der Waals surface area contributed by atoms with Crippen LogP contribution in [-0.4, -0.2) is 48.7 Å². The van der Waals surface area contributed by atoms with Crippen molar-refractivity contribution < 1.29 is 22.3 Å². The summed E-state index contributed by atoms with van der Waals surface area (Å²) in [6.45, 7) is 4.21. The number of fused-ring (bicyclic) bond motifs is 1. The van der Waals surface area contributed by atoms with Gasteiger partial charge in [0.1, 0.15) is 17.5 Å². The average molecular weight is 517 g/mol. The van der Waals surface area contributed by atoms with E-state index in [9.17, 15) is 17.6 Å². The number of ether oxygens (including phenoxy) is 1. The summed E-state index contributed by atoms with van der Waals surface area (Å²) in [6.07, 6.45) is 1.04. The third-order valence-electron chi connectivity index (χ3n) is 9.17. The molecule has 0 radical (unpaired) electrons. The fourth-order valence-electron chi connectivity index (χ4n) is 6.74. The normalized spacial score (nSPS) is 35.1. The van der Waals surface area contributed by atoms with Crippen molar-refractivity contribution in [3.63, 3.8) is 0 Å². The molecule has 0 unspecified atom stereocenters. The summed E-state index contributed by atoms with van der Waals surface area (Å²) in [5.41, 5.74) is 1.83. The van der Waals surface area contributed by atoms with Crippen molar-refractivity contribution in [1.29, 1.82) is 0 Å². The summed E-state index contributed by atoms with van der Waals surface area (Å²) in [5.74, 6) is 0.572. The molecule has 8 rings (SSSR count). The fourth-order valence-corrected chi connectivity index (χ4v) is 6.74. The number of alkyl halides is 4. The topological polar surface area (TPSA) is 78.6 Å². The standard InChI is InChI=1S/C26H28F4N6O/c1-13-14(2)33-23-20(32-13)21(24-10-25(11-24,12-24)26(28,29)30)34-22(35-23)15-3-4-37-19(5-15)16-8-31-36(9-16)18-6-17(27)7-18/h8-9,15,17-19H,3-7,10-12H2,1-2H3/t15-,17?,18?,19-,24?,25?/m0/s1. The number of aromatic nitrogens is 6. The molecule has 2 atom stereocenters. The van der Waals surface area contributed by atoms with Gasteiger partial charge in [-0.25, -0.2) is 24.3 Å². The molecule has 5 fully saturated rings. The van der Waals surface area contributed by atoms with Gasteiger partial charge in [-0.05, 0) is 46.0 Å². The second kappa shape index (κ2) is 7.68. The van der Waals surface area contributed by atoms with E-state index in [0.29, 0.717) is 55.0 Å². The Kier molecular flexibility index (Phi) is 4.86. The maximum absolute atomic E-state index is 13.6. The third kappa shape index (κ3) is 3.45. The van der Waals surface area contributed by atoms with Crippen molar-refractivity contribution >= 4 is 11.2 Å². The first-order valence-corrected chi connectivity index (χ1v) is 13.0. The van der Waals surface area contributed by atoms with Crippen LogP contribution in [0.1, 0.15) is 91.5 Å². The SMILES string of the molecule is Cc1nc2nc([C@H]3CCO[C@H](c4cnn(C5CC(F)C5)c4)C3)nc(C34CC(C(F)(F)F)(C3)C4)c2nc1C. The molecule has 3 aromatic heterocycles. The Bertz CT molecular complexity index is 1380. The van der Waals surface area contributed by atoms with E-state index in [-0.39, 0.29) is 37.3 Å². The Morgan fingerprint density at radius 1 is 1.00 bits per heavy atom. The molecule has 11 heteroatoms. The van der Waals surface area contributed by atoms with Gasteiger partial charge < -0.3 is 4.74 Å². The van der Waals surface area contributed by atoms with Crippen LogP contribution in [-0.2, 0) is 10.2 Å². The lowest BCUT2D eigenvalue weighted by atomic mass is 9.34. The number of hydrogen-bond acceptors (Lipinski definition) is 6. The maximum Gasteiger partial charge on any atom is 0.394 e. The molecule has 4 aliphatic carbocycles. The van der Waals surface area contributed by atoms with Crippen LogP contribution in [0.4, 0.5) is 17.6 Å². The van der Waals surface area contributed by atoms with E-state index in [1.54, 1.807) is 6.20 Å². The summed E-state index contributed by atoms with van der Waals surface area (Å²) in [7, 11) is 0. The van der Waals surface area contributed by atoms with Crippen LogP contribution in [0.2, 0.25) is 0 Å². The minimum Gasteiger partial charge on any atom is -0.373 e. The lowest BCUT2D eigenvalue weighted by molar-refractivity contribution is -0.337. The van der Waals surface area contributed by atoms with Crippen LogP contribution in [0, 0.1) is 19.3 Å². The molecular weight excluding hydrogens is 488 g/mol. The lowest BCUT2D eigenvalue weighted by Gasteiger charge is -2.70. The van der Waals surface area contributed by atoms with Crippen molar-refractivity contribution in [1.82, 2.24) is 29.7 Å². The fraction of sp³-hybridized carbons (Fsp3) is 0.654. The first-order valence-electron chi connectivity index (χ1n) is 13.0. The third-order valence-corrected chi connectivity index (χ3v) is 9.17. The number of halogens is 4. The summed E-state index contributed by atoms with van der Waals surface area (Å²) in [6, 6.07) is 0.0906. The van der Waals surface area contributed by atoms with Crippen molar-refractivity contribution in [2.45, 2.75) is 94.6 Å². The van der Waals surface area contributed by atoms with Gasteiger partial charge in [-0.1, -0.05) is 0 Å². The predicted octanol–water partition coefficient (Wildman–Crippen LogP) is 5.53. The van der Waals surface area contributed by atoms with E-state index < -0.39 is 23.2 Å². The Morgan fingerprint density at radius 3 is 2.43 bits per heavy atom. The van der Waals surface area contributed by atoms with Gasteiger partial charge in [0.05, 0.1) is 40.8 Å². The van der Waals surface area contributed by atoms with Crippen molar-refractivity contribution in [2.24, 2.45) is 5.41 Å². The van der Waals surface area contributed by atoms with Gasteiger partial charge in [-0.2, -0.15) is 18.3 Å². The molecule has 196 valence electrons. The van der Waals surface area contributed by atoms with Gasteiger partial charge in [0.25, 0.3) is 0 Å². The zero-order valence-electron chi connectivity index (χ0n) is 20.7. The molecular formula is C26H28F4N6O.